The van der Waals surface area contributed by atoms with Crippen LogP contribution in [0.1, 0.15) is 39.5 Å². The Labute approximate surface area is 185 Å². The summed E-state index contributed by atoms with van der Waals surface area (Å²) in [7, 11) is 5.18. The van der Waals surface area contributed by atoms with Crippen LogP contribution in [0.15, 0.2) is 0 Å². The van der Waals surface area contributed by atoms with Gasteiger partial charge in [-0.2, -0.15) is 0 Å². The molecule has 1 saturated heterocycles. The zero-order valence-corrected chi connectivity index (χ0v) is 19.5. The fourth-order valence-corrected chi connectivity index (χ4v) is 10.7. The summed E-state index contributed by atoms with van der Waals surface area (Å²) in [6.07, 6.45) is 1.67. The van der Waals surface area contributed by atoms with Gasteiger partial charge in [0.25, 0.3) is 0 Å². The molecule has 5 saturated carbocycles. The van der Waals surface area contributed by atoms with E-state index in [1.165, 1.54) is 0 Å². The predicted octanol–water partition coefficient (Wildman–Crippen LogP) is 0.645. The zero-order valence-electron chi connectivity index (χ0n) is 19.5. The van der Waals surface area contributed by atoms with E-state index in [1.807, 2.05) is 0 Å². The molecule has 0 aromatic heterocycles. The molecular weight excluding hydrogens is 398 g/mol. The first-order valence-corrected chi connectivity index (χ1v) is 12.2. The van der Waals surface area contributed by atoms with Crippen LogP contribution in [0, 0.1) is 34.5 Å². The molecule has 0 unspecified atom stereocenters. The zero-order chi connectivity index (χ0) is 22.1. The van der Waals surface area contributed by atoms with Crippen LogP contribution < -0.4 is 0 Å². The maximum absolute atomic E-state index is 12.6. The van der Waals surface area contributed by atoms with Crippen LogP contribution in [-0.4, -0.2) is 96.3 Å². The fourth-order valence-electron chi connectivity index (χ4n) is 10.7. The van der Waals surface area contributed by atoms with E-state index in [4.69, 9.17) is 14.2 Å². The average molecular weight is 438 g/mol. The van der Waals surface area contributed by atoms with Gasteiger partial charge in [-0.25, -0.2) is 0 Å². The number of methoxy groups -OCH3 is 3. The van der Waals surface area contributed by atoms with Crippen LogP contribution in [0.4, 0.5) is 0 Å². The second kappa shape index (κ2) is 6.23. The Morgan fingerprint density at radius 2 is 1.84 bits per heavy atom. The maximum atomic E-state index is 12.6. The molecular formula is C24H39NO6. The molecule has 6 aliphatic rings. The number of piperidine rings is 1. The smallest absolute Gasteiger partial charge is 0.136 e. The van der Waals surface area contributed by atoms with Crippen LogP contribution in [0.3, 0.4) is 0 Å². The summed E-state index contributed by atoms with van der Waals surface area (Å²) in [5.74, 6) is -0.0415. The number of likely N-dealkylation sites (tertiary alicyclic amines) is 1. The van der Waals surface area contributed by atoms with E-state index in [0.717, 1.165) is 32.4 Å². The van der Waals surface area contributed by atoms with E-state index in [1.54, 1.807) is 21.3 Å². The summed E-state index contributed by atoms with van der Waals surface area (Å²) < 4.78 is 18.1. The number of fused-ring (bicyclic) bond motifs is 2. The summed E-state index contributed by atoms with van der Waals surface area (Å²) in [6, 6.07) is -0.332. The standard InChI is InChI=1S/C24H39NO6/c1-6-25-11-21(2)8-7-15(30-4)23-13-9-12-14(29-3)10-22(27,16(13)17(12)31-5)24(28,20(23)25)19(26)18(21)23/h12-20,26-28H,6-11H2,1-5H3/t12-,13-,14+,15+,16-,17+,18-,19+,20-,21+,22-,23+,24+/m1/s1. The molecule has 6 rings (SSSR count). The van der Waals surface area contributed by atoms with Crippen molar-refractivity contribution in [3.05, 3.63) is 0 Å². The highest BCUT2D eigenvalue weighted by molar-refractivity contribution is 5.40. The van der Waals surface area contributed by atoms with Gasteiger partial charge in [0, 0.05) is 57.5 Å². The SMILES string of the molecule is CCN1C[C@]2(C)CC[C@H](OC)[C@]34[C@@H]5C[C@H]6[C@H](OC)[C@@H]5[C@](O)(C[C@@H]6OC)[C@@](O)([C@H]13)[C@@H](O)[C@H]24. The second-order valence-corrected chi connectivity index (χ2v) is 11.8. The van der Waals surface area contributed by atoms with Gasteiger partial charge in [-0.05, 0) is 37.1 Å². The first-order chi connectivity index (χ1) is 14.7. The largest absolute Gasteiger partial charge is 0.390 e. The molecule has 0 radical (unpaired) electrons. The minimum Gasteiger partial charge on any atom is -0.390 e. The molecule has 7 heteroatoms. The number of hydrogen-bond donors (Lipinski definition) is 3. The normalized spacial score (nSPS) is 64.1. The Hall–Kier alpha value is -0.280. The number of rotatable bonds is 4. The number of hydrogen-bond acceptors (Lipinski definition) is 7. The van der Waals surface area contributed by atoms with Crippen molar-refractivity contribution in [3.8, 4) is 0 Å². The molecule has 13 atom stereocenters. The van der Waals surface area contributed by atoms with Crippen LogP contribution in [-0.2, 0) is 14.2 Å². The summed E-state index contributed by atoms with van der Waals surface area (Å²) >= 11 is 0. The molecule has 7 bridgehead atoms. The topological polar surface area (TPSA) is 91.6 Å². The summed E-state index contributed by atoms with van der Waals surface area (Å²) in [5.41, 5.74) is -3.64. The number of nitrogens with zero attached hydrogens (tertiary/aromatic N) is 1. The molecule has 1 aliphatic heterocycles. The first kappa shape index (κ1) is 21.3. The lowest BCUT2D eigenvalue weighted by atomic mass is 9.43. The van der Waals surface area contributed by atoms with Gasteiger partial charge in [0.2, 0.25) is 0 Å². The highest BCUT2D eigenvalue weighted by Gasteiger charge is 2.90. The van der Waals surface area contributed by atoms with Crippen LogP contribution >= 0.6 is 0 Å². The highest BCUT2D eigenvalue weighted by atomic mass is 16.5. The third-order valence-electron chi connectivity index (χ3n) is 11.3. The lowest BCUT2D eigenvalue weighted by molar-refractivity contribution is -0.318. The summed E-state index contributed by atoms with van der Waals surface area (Å²) in [5, 5.41) is 37.1. The third-order valence-corrected chi connectivity index (χ3v) is 11.3. The van der Waals surface area contributed by atoms with Crippen LogP contribution in [0.25, 0.3) is 0 Å². The molecule has 3 N–H and O–H groups in total. The van der Waals surface area contributed by atoms with E-state index in [2.05, 4.69) is 18.7 Å². The molecule has 1 spiro atoms. The Morgan fingerprint density at radius 1 is 1.10 bits per heavy atom. The molecule has 1 heterocycles. The van der Waals surface area contributed by atoms with Crippen molar-refractivity contribution >= 4 is 0 Å². The average Bonchev–Trinajstić information content (AvgIpc) is 3.16. The number of aliphatic hydroxyl groups is 3. The monoisotopic (exact) mass is 437 g/mol. The molecule has 0 amide bonds. The van der Waals surface area contributed by atoms with Crippen molar-refractivity contribution in [2.75, 3.05) is 34.4 Å². The number of ether oxygens (including phenoxy) is 3. The van der Waals surface area contributed by atoms with Crippen molar-refractivity contribution in [1.29, 1.82) is 0 Å². The van der Waals surface area contributed by atoms with E-state index >= 15 is 0 Å². The molecule has 5 aliphatic carbocycles. The van der Waals surface area contributed by atoms with E-state index in [-0.39, 0.29) is 53.4 Å². The van der Waals surface area contributed by atoms with Gasteiger partial charge in [0.05, 0.1) is 30.5 Å². The van der Waals surface area contributed by atoms with Gasteiger partial charge in [-0.1, -0.05) is 13.8 Å². The van der Waals surface area contributed by atoms with Crippen molar-refractivity contribution in [1.82, 2.24) is 4.90 Å². The Morgan fingerprint density at radius 3 is 2.45 bits per heavy atom. The minimum absolute atomic E-state index is 0.0546. The van der Waals surface area contributed by atoms with Crippen LogP contribution in [0.2, 0.25) is 0 Å². The Kier molecular flexibility index (Phi) is 4.28. The highest BCUT2D eigenvalue weighted by Crippen LogP contribution is 2.80. The predicted molar refractivity (Wildman–Crippen MR) is 112 cm³/mol. The number of aliphatic hydroxyl groups excluding tert-OH is 1. The van der Waals surface area contributed by atoms with E-state index < -0.39 is 22.7 Å². The van der Waals surface area contributed by atoms with E-state index in [9.17, 15) is 15.3 Å². The summed E-state index contributed by atoms with van der Waals surface area (Å²) in [6.45, 7) is 6.04. The van der Waals surface area contributed by atoms with Crippen molar-refractivity contribution in [2.45, 2.75) is 81.2 Å². The molecule has 176 valence electrons. The molecule has 7 nitrogen and oxygen atoms in total. The fraction of sp³-hybridized carbons (Fsp3) is 1.00. The van der Waals surface area contributed by atoms with E-state index in [0.29, 0.717) is 6.42 Å². The van der Waals surface area contributed by atoms with Crippen molar-refractivity contribution in [3.63, 3.8) is 0 Å². The molecule has 6 fully saturated rings. The minimum atomic E-state index is -1.64. The van der Waals surface area contributed by atoms with Gasteiger partial charge in [-0.3, -0.25) is 4.90 Å². The second-order valence-electron chi connectivity index (χ2n) is 11.8. The van der Waals surface area contributed by atoms with Gasteiger partial charge < -0.3 is 29.5 Å². The molecule has 0 aromatic rings. The number of likely N-dealkylation sites (N-methyl/N-ethyl adjacent to an activating group) is 1. The molecule has 31 heavy (non-hydrogen) atoms. The van der Waals surface area contributed by atoms with Crippen molar-refractivity contribution in [2.24, 2.45) is 34.5 Å². The van der Waals surface area contributed by atoms with Crippen molar-refractivity contribution < 1.29 is 29.5 Å². The third kappa shape index (κ3) is 1.93. The van der Waals surface area contributed by atoms with Gasteiger partial charge in [0.15, 0.2) is 0 Å². The van der Waals surface area contributed by atoms with Crippen LogP contribution in [0.5, 0.6) is 0 Å². The lowest BCUT2D eigenvalue weighted by Crippen LogP contribution is -2.81. The lowest BCUT2D eigenvalue weighted by Gasteiger charge is -2.70. The summed E-state index contributed by atoms with van der Waals surface area (Å²) in [4.78, 5) is 2.36. The van der Waals surface area contributed by atoms with Gasteiger partial charge in [-0.15, -0.1) is 0 Å². The van der Waals surface area contributed by atoms with Gasteiger partial charge in [0.1, 0.15) is 11.2 Å². The Bertz CT molecular complexity index is 781. The quantitative estimate of drug-likeness (QED) is 0.595. The van der Waals surface area contributed by atoms with Gasteiger partial charge >= 0.3 is 0 Å². The Balaban J connectivity index is 1.67. The molecule has 0 aromatic carbocycles. The maximum Gasteiger partial charge on any atom is 0.136 e. The first-order valence-electron chi connectivity index (χ1n) is 12.2.